The minimum Gasteiger partial charge on any atom is -0.268 e. The molecular formula is C60H35Br2N7O2. The van der Waals surface area contributed by atoms with Gasteiger partial charge < -0.3 is 0 Å². The van der Waals surface area contributed by atoms with Crippen LogP contribution in [0.1, 0.15) is 0 Å². The first-order chi connectivity index (χ1) is 34.9. The molecule has 0 amide bonds. The highest BCUT2D eigenvalue weighted by atomic mass is 79.9. The van der Waals surface area contributed by atoms with E-state index in [-0.39, 0.29) is 11.1 Å². The van der Waals surface area contributed by atoms with Gasteiger partial charge in [0, 0.05) is 23.5 Å². The van der Waals surface area contributed by atoms with Gasteiger partial charge in [-0.3, -0.25) is 18.4 Å². The van der Waals surface area contributed by atoms with Gasteiger partial charge in [-0.1, -0.05) is 121 Å². The number of para-hydroxylation sites is 2. The van der Waals surface area contributed by atoms with Gasteiger partial charge in [-0.15, -0.1) is 10.2 Å². The Bertz CT molecular complexity index is 4210. The fraction of sp³-hybridized carbons (Fsp3) is 0. The third-order valence-electron chi connectivity index (χ3n) is 13.2. The predicted molar refractivity (Wildman–Crippen MR) is 292 cm³/mol. The maximum atomic E-state index is 13.7. The number of halogens is 2. The summed E-state index contributed by atoms with van der Waals surface area (Å²) in [4.78, 5) is 39.1. The molecular weight excluding hydrogens is 1010 g/mol. The van der Waals surface area contributed by atoms with Gasteiger partial charge in [0.2, 0.25) is 0 Å². The summed E-state index contributed by atoms with van der Waals surface area (Å²) in [5.74, 6) is 0. The van der Waals surface area contributed by atoms with E-state index in [1.54, 1.807) is 13.6 Å². The van der Waals surface area contributed by atoms with Crippen LogP contribution in [0.15, 0.2) is 231 Å². The quantitative estimate of drug-likeness (QED) is 0.147. The zero-order valence-electron chi connectivity index (χ0n) is 37.4. The average molecular weight is 1050 g/mol. The van der Waals surface area contributed by atoms with Crippen molar-refractivity contribution in [3.63, 3.8) is 0 Å². The minimum atomic E-state index is -0.128. The van der Waals surface area contributed by atoms with Crippen molar-refractivity contribution in [1.29, 1.82) is 0 Å². The molecule has 13 aromatic rings. The molecule has 0 fully saturated rings. The van der Waals surface area contributed by atoms with Gasteiger partial charge in [0.1, 0.15) is 11.0 Å². The maximum Gasteiger partial charge on any atom is 0.265 e. The molecule has 0 bridgehead atoms. The number of benzene rings is 8. The minimum absolute atomic E-state index is 0.128. The molecule has 9 nitrogen and oxygen atoms in total. The second-order valence-corrected chi connectivity index (χ2v) is 18.9. The molecule has 13 rings (SSSR count). The molecule has 5 heterocycles. The lowest BCUT2D eigenvalue weighted by Gasteiger charge is -2.19. The average Bonchev–Trinajstić information content (AvgIpc) is 3.87. The molecule has 5 aromatic heterocycles. The first-order valence-electron chi connectivity index (χ1n) is 22.9. The first kappa shape index (κ1) is 42.5. The summed E-state index contributed by atoms with van der Waals surface area (Å²) < 4.78 is 4.63. The van der Waals surface area contributed by atoms with E-state index in [0.717, 1.165) is 83.5 Å². The summed E-state index contributed by atoms with van der Waals surface area (Å²) in [5, 5.41) is 10.6. The zero-order valence-corrected chi connectivity index (χ0v) is 40.6. The third-order valence-corrected chi connectivity index (χ3v) is 14.7. The van der Waals surface area contributed by atoms with Crippen molar-refractivity contribution < 1.29 is 0 Å². The van der Waals surface area contributed by atoms with Crippen molar-refractivity contribution in [1.82, 2.24) is 33.8 Å². The standard InChI is InChI=1S/C60H35Br2N7O2/c61-55-47(29-31-67-57(55)63-51-21-9-7-19-49(51)59(67)70)45-17-5-3-15-43(45)38-33-37(42-14-2-1-13-41(42)36-25-27-40(28-26-36)69-65-53-23-11-12-24-54(53)66-69)34-39(35-38)44-16-4-6-18-46(44)48-30-32-68-58(56(48)62)64-52-22-10-8-20-50(52)60(68)71/h1-35H. The number of hydrogen-bond acceptors (Lipinski definition) is 6. The van der Waals surface area contributed by atoms with Crippen LogP contribution in [0, 0.1) is 0 Å². The molecule has 0 unspecified atom stereocenters. The Labute approximate surface area is 421 Å². The van der Waals surface area contributed by atoms with Crippen LogP contribution < -0.4 is 11.1 Å². The summed E-state index contributed by atoms with van der Waals surface area (Å²) in [6, 6.07) is 67.0. The molecule has 0 saturated carbocycles. The Morgan fingerprint density at radius 2 is 0.690 bits per heavy atom. The van der Waals surface area contributed by atoms with Crippen molar-refractivity contribution in [2.24, 2.45) is 0 Å². The van der Waals surface area contributed by atoms with E-state index < -0.39 is 0 Å². The van der Waals surface area contributed by atoms with Crippen LogP contribution in [0.4, 0.5) is 0 Å². The molecule has 0 aliphatic heterocycles. The van der Waals surface area contributed by atoms with Gasteiger partial charge in [-0.25, -0.2) is 9.97 Å². The van der Waals surface area contributed by atoms with Gasteiger partial charge in [-0.2, -0.15) is 4.80 Å². The van der Waals surface area contributed by atoms with E-state index >= 15 is 0 Å². The zero-order chi connectivity index (χ0) is 47.7. The number of hydrogen-bond donors (Lipinski definition) is 0. The highest BCUT2D eigenvalue weighted by Gasteiger charge is 2.21. The monoisotopic (exact) mass is 1040 g/mol. The molecule has 0 saturated heterocycles. The van der Waals surface area contributed by atoms with Crippen LogP contribution in [0.5, 0.6) is 0 Å². The Kier molecular flexibility index (Phi) is 10.2. The summed E-state index contributed by atoms with van der Waals surface area (Å²) in [6.45, 7) is 0. The van der Waals surface area contributed by atoms with E-state index in [1.165, 1.54) is 0 Å². The first-order valence-corrected chi connectivity index (χ1v) is 24.5. The van der Waals surface area contributed by atoms with Crippen molar-refractivity contribution in [3.8, 4) is 72.4 Å². The van der Waals surface area contributed by atoms with Gasteiger partial charge in [-0.05, 0) is 166 Å². The van der Waals surface area contributed by atoms with E-state index in [4.69, 9.17) is 20.2 Å². The third kappa shape index (κ3) is 7.19. The molecule has 8 aromatic carbocycles. The summed E-state index contributed by atoms with van der Waals surface area (Å²) >= 11 is 7.85. The lowest BCUT2D eigenvalue weighted by Crippen LogP contribution is -2.15. The van der Waals surface area contributed by atoms with Crippen molar-refractivity contribution in [3.05, 3.63) is 242 Å². The predicted octanol–water partition coefficient (Wildman–Crippen LogP) is 14.3. The lowest BCUT2D eigenvalue weighted by molar-refractivity contribution is 0.766. The molecule has 0 spiro atoms. The van der Waals surface area contributed by atoms with Gasteiger partial charge in [0.25, 0.3) is 11.1 Å². The van der Waals surface area contributed by atoms with E-state index in [2.05, 4.69) is 135 Å². The lowest BCUT2D eigenvalue weighted by atomic mass is 9.86. The topological polar surface area (TPSA) is 99.5 Å². The number of rotatable bonds is 7. The number of fused-ring (bicyclic) bond motifs is 5. The molecule has 336 valence electrons. The van der Waals surface area contributed by atoms with Crippen molar-refractivity contribution in [2.75, 3.05) is 0 Å². The maximum absolute atomic E-state index is 13.7. The molecule has 0 aliphatic carbocycles. The molecule has 0 radical (unpaired) electrons. The fourth-order valence-corrected chi connectivity index (χ4v) is 11.0. The van der Waals surface area contributed by atoms with Crippen LogP contribution in [0.3, 0.4) is 0 Å². The summed E-state index contributed by atoms with van der Waals surface area (Å²) in [6.07, 6.45) is 3.62. The van der Waals surface area contributed by atoms with Crippen LogP contribution in [-0.2, 0) is 0 Å². The van der Waals surface area contributed by atoms with E-state index in [0.29, 0.717) is 42.0 Å². The summed E-state index contributed by atoms with van der Waals surface area (Å²) in [7, 11) is 0. The Balaban J connectivity index is 1.01. The van der Waals surface area contributed by atoms with Gasteiger partial charge in [0.15, 0.2) is 11.3 Å². The Hall–Kier alpha value is -8.64. The molecule has 0 atom stereocenters. The van der Waals surface area contributed by atoms with E-state index in [9.17, 15) is 9.59 Å². The number of nitrogens with zero attached hydrogens (tertiary/aromatic N) is 7. The van der Waals surface area contributed by atoms with Crippen molar-refractivity contribution >= 4 is 76.0 Å². The second-order valence-electron chi connectivity index (χ2n) is 17.3. The second kappa shape index (κ2) is 17.1. The summed E-state index contributed by atoms with van der Waals surface area (Å²) in [5.41, 5.74) is 16.4. The highest BCUT2D eigenvalue weighted by Crippen LogP contribution is 2.44. The van der Waals surface area contributed by atoms with E-state index in [1.807, 2.05) is 109 Å². The van der Waals surface area contributed by atoms with Crippen molar-refractivity contribution in [2.45, 2.75) is 0 Å². The van der Waals surface area contributed by atoms with Crippen LogP contribution in [0.25, 0.3) is 117 Å². The SMILES string of the molecule is O=c1c2ccccc2nc2c(Br)c(-c3ccccc3-c3cc(-c4ccccc4-c4ccc(-n5nc6ccccc6n5)cc4)cc(-c4ccccc4-c4ccn5c(=O)c6ccccc6nc5c4Br)c3)ccn12. The largest absolute Gasteiger partial charge is 0.268 e. The van der Waals surface area contributed by atoms with Crippen LogP contribution in [-0.4, -0.2) is 33.8 Å². The Morgan fingerprint density at radius 1 is 0.338 bits per heavy atom. The Morgan fingerprint density at radius 3 is 1.13 bits per heavy atom. The smallest absolute Gasteiger partial charge is 0.265 e. The normalized spacial score (nSPS) is 11.6. The number of pyridine rings is 2. The van der Waals surface area contributed by atoms with Gasteiger partial charge >= 0.3 is 0 Å². The molecule has 0 N–H and O–H groups in total. The fourth-order valence-electron chi connectivity index (χ4n) is 9.75. The molecule has 71 heavy (non-hydrogen) atoms. The molecule has 0 aliphatic rings. The molecule has 11 heteroatoms. The van der Waals surface area contributed by atoms with Gasteiger partial charge in [0.05, 0.1) is 36.4 Å². The highest BCUT2D eigenvalue weighted by molar-refractivity contribution is 9.11. The number of aromatic nitrogens is 7. The van der Waals surface area contributed by atoms with Crippen LogP contribution in [0.2, 0.25) is 0 Å². The van der Waals surface area contributed by atoms with Crippen LogP contribution >= 0.6 is 31.9 Å².